The zero-order valence-electron chi connectivity index (χ0n) is 13.3. The molecule has 0 N–H and O–H groups in total. The Morgan fingerprint density at radius 3 is 2.75 bits per heavy atom. The Morgan fingerprint density at radius 2 is 2.04 bits per heavy atom. The van der Waals surface area contributed by atoms with Gasteiger partial charge in [0.05, 0.1) is 11.0 Å². The van der Waals surface area contributed by atoms with Gasteiger partial charge in [-0.2, -0.15) is 9.29 Å². The van der Waals surface area contributed by atoms with Gasteiger partial charge in [-0.05, 0) is 30.9 Å². The molecule has 7 nitrogen and oxygen atoms in total. The van der Waals surface area contributed by atoms with Crippen molar-refractivity contribution in [2.24, 2.45) is 5.92 Å². The third-order valence-corrected chi connectivity index (χ3v) is 6.61. The summed E-state index contributed by atoms with van der Waals surface area (Å²) in [5, 5.41) is 3.93. The van der Waals surface area contributed by atoms with Crippen LogP contribution in [0.25, 0.3) is 0 Å². The maximum Gasteiger partial charge on any atom is 0.243 e. The molecule has 0 bridgehead atoms. The first-order chi connectivity index (χ1) is 11.5. The Hall–Kier alpha value is -1.77. The van der Waals surface area contributed by atoms with Crippen molar-refractivity contribution in [1.82, 2.24) is 14.4 Å². The van der Waals surface area contributed by atoms with Gasteiger partial charge in [0.25, 0.3) is 0 Å². The highest BCUT2D eigenvalue weighted by Crippen LogP contribution is 2.40. The molecule has 3 atom stereocenters. The molecular weight excluding hydrogens is 330 g/mol. The third kappa shape index (κ3) is 2.74. The van der Waals surface area contributed by atoms with Crippen molar-refractivity contribution in [3.05, 3.63) is 42.0 Å². The molecule has 0 unspecified atom stereocenters. The summed E-state index contributed by atoms with van der Waals surface area (Å²) in [6.45, 7) is 2.63. The van der Waals surface area contributed by atoms with E-state index in [2.05, 4.69) is 10.1 Å². The van der Waals surface area contributed by atoms with E-state index in [4.69, 9.17) is 9.26 Å². The minimum atomic E-state index is -3.48. The van der Waals surface area contributed by atoms with Gasteiger partial charge < -0.3 is 9.26 Å². The van der Waals surface area contributed by atoms with Gasteiger partial charge in [0.2, 0.25) is 21.7 Å². The first kappa shape index (κ1) is 15.7. The molecule has 128 valence electrons. The van der Waals surface area contributed by atoms with Crippen LogP contribution in [0.1, 0.15) is 30.7 Å². The first-order valence-electron chi connectivity index (χ1n) is 8.05. The largest absolute Gasteiger partial charge is 0.365 e. The third-order valence-electron chi connectivity index (χ3n) is 4.73. The average Bonchev–Trinajstić information content (AvgIpc) is 3.20. The minimum Gasteiger partial charge on any atom is -0.365 e. The van der Waals surface area contributed by atoms with E-state index in [9.17, 15) is 8.42 Å². The fraction of sp³-hybridized carbons (Fsp3) is 0.500. The Morgan fingerprint density at radius 1 is 1.25 bits per heavy atom. The predicted molar refractivity (Wildman–Crippen MR) is 84.6 cm³/mol. The molecule has 2 fully saturated rings. The molecule has 24 heavy (non-hydrogen) atoms. The molecule has 1 aromatic carbocycles. The van der Waals surface area contributed by atoms with Crippen molar-refractivity contribution in [2.75, 3.05) is 13.1 Å². The summed E-state index contributed by atoms with van der Waals surface area (Å²) in [4.78, 5) is 4.56. The highest BCUT2D eigenvalue weighted by Gasteiger charge is 2.43. The maximum atomic E-state index is 12.8. The zero-order chi connectivity index (χ0) is 16.7. The maximum absolute atomic E-state index is 12.8. The summed E-state index contributed by atoms with van der Waals surface area (Å²) in [7, 11) is -3.48. The van der Waals surface area contributed by atoms with E-state index in [1.165, 1.54) is 4.31 Å². The molecular formula is C16H19N3O4S. The Kier molecular flexibility index (Phi) is 3.90. The van der Waals surface area contributed by atoms with Crippen LogP contribution in [0, 0.1) is 12.8 Å². The molecule has 0 amide bonds. The van der Waals surface area contributed by atoms with Crippen LogP contribution in [0.15, 0.2) is 39.8 Å². The molecule has 2 aliphatic heterocycles. The topological polar surface area (TPSA) is 85.5 Å². The van der Waals surface area contributed by atoms with Crippen molar-refractivity contribution in [3.8, 4) is 0 Å². The van der Waals surface area contributed by atoms with Crippen LogP contribution in [0.3, 0.4) is 0 Å². The van der Waals surface area contributed by atoms with Gasteiger partial charge in [-0.15, -0.1) is 0 Å². The lowest BCUT2D eigenvalue weighted by Crippen LogP contribution is -2.45. The van der Waals surface area contributed by atoms with Crippen LogP contribution in [0.4, 0.5) is 0 Å². The van der Waals surface area contributed by atoms with Crippen LogP contribution < -0.4 is 0 Å². The SMILES string of the molecule is Cc1nc([C@@H]2C[C@@H]3CCN(S(=O)(=O)c4ccccc4)C[C@H]3O2)no1. The van der Waals surface area contributed by atoms with Gasteiger partial charge in [-0.25, -0.2) is 8.42 Å². The van der Waals surface area contributed by atoms with Crippen molar-refractivity contribution in [2.45, 2.75) is 36.9 Å². The van der Waals surface area contributed by atoms with Crippen LogP contribution in [0.2, 0.25) is 0 Å². The number of fused-ring (bicyclic) bond motifs is 1. The number of ether oxygens (including phenoxy) is 1. The van der Waals surface area contributed by atoms with Crippen LogP contribution in [-0.2, 0) is 14.8 Å². The molecule has 8 heteroatoms. The molecule has 2 saturated heterocycles. The van der Waals surface area contributed by atoms with E-state index < -0.39 is 10.0 Å². The van der Waals surface area contributed by atoms with E-state index in [1.807, 2.05) is 6.07 Å². The van der Waals surface area contributed by atoms with Crippen LogP contribution >= 0.6 is 0 Å². The lowest BCUT2D eigenvalue weighted by molar-refractivity contribution is 0.00615. The van der Waals surface area contributed by atoms with Crippen molar-refractivity contribution in [1.29, 1.82) is 0 Å². The fourth-order valence-corrected chi connectivity index (χ4v) is 4.96. The molecule has 0 spiro atoms. The number of hydrogen-bond acceptors (Lipinski definition) is 6. The second-order valence-corrected chi connectivity index (χ2v) is 8.23. The quantitative estimate of drug-likeness (QED) is 0.841. The number of aromatic nitrogens is 2. The zero-order valence-corrected chi connectivity index (χ0v) is 14.1. The average molecular weight is 349 g/mol. The second-order valence-electron chi connectivity index (χ2n) is 6.30. The molecule has 0 saturated carbocycles. The minimum absolute atomic E-state index is 0.124. The summed E-state index contributed by atoms with van der Waals surface area (Å²) in [5.41, 5.74) is 0. The lowest BCUT2D eigenvalue weighted by Gasteiger charge is -2.33. The molecule has 4 rings (SSSR count). The summed E-state index contributed by atoms with van der Waals surface area (Å²) >= 11 is 0. The molecule has 0 radical (unpaired) electrons. The first-order valence-corrected chi connectivity index (χ1v) is 9.49. The highest BCUT2D eigenvalue weighted by atomic mass is 32.2. The smallest absolute Gasteiger partial charge is 0.243 e. The van der Waals surface area contributed by atoms with Crippen molar-refractivity contribution >= 4 is 10.0 Å². The van der Waals surface area contributed by atoms with E-state index in [-0.39, 0.29) is 12.2 Å². The molecule has 3 heterocycles. The van der Waals surface area contributed by atoms with Crippen molar-refractivity contribution < 1.29 is 17.7 Å². The number of hydrogen-bond donors (Lipinski definition) is 0. The number of aryl methyl sites for hydroxylation is 1. The van der Waals surface area contributed by atoms with E-state index in [0.717, 1.165) is 12.8 Å². The van der Waals surface area contributed by atoms with Gasteiger partial charge in [0.1, 0.15) is 6.10 Å². The highest BCUT2D eigenvalue weighted by molar-refractivity contribution is 7.89. The number of sulfonamides is 1. The summed E-state index contributed by atoms with van der Waals surface area (Å²) in [5.74, 6) is 1.40. The Balaban J connectivity index is 1.50. The lowest BCUT2D eigenvalue weighted by atomic mass is 9.93. The van der Waals surface area contributed by atoms with E-state index in [1.54, 1.807) is 31.2 Å². The standard InChI is InChI=1S/C16H19N3O4S/c1-11-17-16(18-23-11)14-9-12-7-8-19(10-15(12)22-14)24(20,21)13-5-3-2-4-6-13/h2-6,12,14-15H,7-10H2,1H3/t12-,14-,15+/m0/s1. The van der Waals surface area contributed by atoms with Gasteiger partial charge in [-0.3, -0.25) is 0 Å². The number of rotatable bonds is 3. The molecule has 2 aromatic rings. The summed E-state index contributed by atoms with van der Waals surface area (Å²) in [6.07, 6.45) is 1.25. The van der Waals surface area contributed by atoms with Gasteiger partial charge in [0, 0.05) is 20.0 Å². The Labute approximate surface area is 140 Å². The molecule has 2 aliphatic rings. The second kappa shape index (κ2) is 5.94. The van der Waals surface area contributed by atoms with E-state index >= 15 is 0 Å². The molecule has 1 aromatic heterocycles. The van der Waals surface area contributed by atoms with Gasteiger partial charge >= 0.3 is 0 Å². The monoisotopic (exact) mass is 349 g/mol. The van der Waals surface area contributed by atoms with Crippen LogP contribution in [0.5, 0.6) is 0 Å². The number of piperidine rings is 1. The fourth-order valence-electron chi connectivity index (χ4n) is 3.47. The number of nitrogens with zero attached hydrogens (tertiary/aromatic N) is 3. The molecule has 0 aliphatic carbocycles. The van der Waals surface area contributed by atoms with Crippen molar-refractivity contribution in [3.63, 3.8) is 0 Å². The van der Waals surface area contributed by atoms with Gasteiger partial charge in [0.15, 0.2) is 0 Å². The predicted octanol–water partition coefficient (Wildman–Crippen LogP) is 1.92. The number of benzene rings is 1. The van der Waals surface area contributed by atoms with Crippen LogP contribution in [-0.4, -0.2) is 42.1 Å². The normalized spacial score (nSPS) is 28.0. The van der Waals surface area contributed by atoms with Gasteiger partial charge in [-0.1, -0.05) is 23.4 Å². The summed E-state index contributed by atoms with van der Waals surface area (Å²) in [6, 6.07) is 8.53. The summed E-state index contributed by atoms with van der Waals surface area (Å²) < 4.78 is 38.1. The Bertz CT molecular complexity index is 821. The van der Waals surface area contributed by atoms with E-state index in [0.29, 0.717) is 35.6 Å².